The molecule has 11 heavy (non-hydrogen) atoms. The number of halogens is 1. The zero-order valence-corrected chi connectivity index (χ0v) is 8.51. The van der Waals surface area contributed by atoms with Crippen LogP contribution in [-0.4, -0.2) is 7.05 Å². The van der Waals surface area contributed by atoms with Crippen molar-refractivity contribution in [2.75, 3.05) is 7.05 Å². The highest BCUT2D eigenvalue weighted by molar-refractivity contribution is 7.16. The molecule has 0 aromatic carbocycles. The van der Waals surface area contributed by atoms with Crippen LogP contribution in [0.2, 0.25) is 4.34 Å². The number of hydrogen-bond donors (Lipinski definition) is 1. The minimum absolute atomic E-state index is 0.354. The summed E-state index contributed by atoms with van der Waals surface area (Å²) in [5, 5.41) is 3.16. The van der Waals surface area contributed by atoms with Gasteiger partial charge in [0.05, 0.1) is 4.34 Å². The van der Waals surface area contributed by atoms with Crippen LogP contribution in [0.5, 0.6) is 0 Å². The van der Waals surface area contributed by atoms with Crippen LogP contribution in [0.3, 0.4) is 0 Å². The first kappa shape index (κ1) is 9.04. The van der Waals surface area contributed by atoms with Gasteiger partial charge in [0.25, 0.3) is 0 Å². The fraction of sp³-hybridized carbons (Fsp3) is 0.500. The van der Waals surface area contributed by atoms with E-state index in [1.165, 1.54) is 10.4 Å². The SMILES string of the molecule is CNC(C)c1cc(C)sc1Cl. The first-order valence-corrected chi connectivity index (χ1v) is 4.77. The molecular formula is C8H12ClNS. The molecule has 1 aromatic heterocycles. The zero-order chi connectivity index (χ0) is 8.43. The van der Waals surface area contributed by atoms with Gasteiger partial charge < -0.3 is 5.32 Å². The lowest BCUT2D eigenvalue weighted by Gasteiger charge is -2.07. The van der Waals surface area contributed by atoms with Crippen molar-refractivity contribution in [2.24, 2.45) is 0 Å². The van der Waals surface area contributed by atoms with Crippen LogP contribution in [0.1, 0.15) is 23.4 Å². The molecule has 0 aliphatic heterocycles. The lowest BCUT2D eigenvalue weighted by atomic mass is 10.2. The van der Waals surface area contributed by atoms with Crippen molar-refractivity contribution < 1.29 is 0 Å². The van der Waals surface area contributed by atoms with Gasteiger partial charge in [0.1, 0.15) is 0 Å². The van der Waals surface area contributed by atoms with Crippen LogP contribution in [-0.2, 0) is 0 Å². The third kappa shape index (κ3) is 1.95. The minimum atomic E-state index is 0.354. The van der Waals surface area contributed by atoms with Crippen LogP contribution in [0.4, 0.5) is 0 Å². The molecule has 0 amide bonds. The van der Waals surface area contributed by atoms with E-state index in [0.717, 1.165) is 4.34 Å². The Morgan fingerprint density at radius 2 is 2.27 bits per heavy atom. The summed E-state index contributed by atoms with van der Waals surface area (Å²) in [5.41, 5.74) is 1.21. The van der Waals surface area contributed by atoms with E-state index in [2.05, 4.69) is 25.2 Å². The molecule has 1 nitrogen and oxygen atoms in total. The van der Waals surface area contributed by atoms with Crippen molar-refractivity contribution in [3.05, 3.63) is 20.8 Å². The highest BCUT2D eigenvalue weighted by Gasteiger charge is 2.09. The molecule has 0 saturated heterocycles. The van der Waals surface area contributed by atoms with Crippen LogP contribution < -0.4 is 5.32 Å². The molecule has 1 unspecified atom stereocenters. The van der Waals surface area contributed by atoms with Gasteiger partial charge in [-0.2, -0.15) is 0 Å². The topological polar surface area (TPSA) is 12.0 Å². The number of rotatable bonds is 2. The predicted molar refractivity (Wildman–Crippen MR) is 51.5 cm³/mol. The van der Waals surface area contributed by atoms with E-state index < -0.39 is 0 Å². The van der Waals surface area contributed by atoms with Gasteiger partial charge in [0, 0.05) is 10.9 Å². The van der Waals surface area contributed by atoms with Gasteiger partial charge in [-0.15, -0.1) is 11.3 Å². The second-order valence-electron chi connectivity index (χ2n) is 2.60. The standard InChI is InChI=1S/C8H12ClNS/c1-5-4-7(6(2)10-3)8(9)11-5/h4,6,10H,1-3H3. The minimum Gasteiger partial charge on any atom is -0.313 e. The lowest BCUT2D eigenvalue weighted by Crippen LogP contribution is -2.11. The molecular weight excluding hydrogens is 178 g/mol. The predicted octanol–water partition coefficient (Wildman–Crippen LogP) is 2.99. The number of aryl methyl sites for hydroxylation is 1. The third-order valence-corrected chi connectivity index (χ3v) is 3.04. The van der Waals surface area contributed by atoms with E-state index in [9.17, 15) is 0 Å². The zero-order valence-electron chi connectivity index (χ0n) is 6.94. The Balaban J connectivity index is 2.93. The normalized spacial score (nSPS) is 13.5. The summed E-state index contributed by atoms with van der Waals surface area (Å²) >= 11 is 7.64. The van der Waals surface area contributed by atoms with Crippen molar-refractivity contribution in [3.8, 4) is 0 Å². The summed E-state index contributed by atoms with van der Waals surface area (Å²) in [4.78, 5) is 1.27. The molecule has 62 valence electrons. The molecule has 0 fully saturated rings. The van der Waals surface area contributed by atoms with Gasteiger partial charge in [-0.3, -0.25) is 0 Å². The first-order valence-electron chi connectivity index (χ1n) is 3.58. The average molecular weight is 190 g/mol. The number of nitrogens with one attached hydrogen (secondary N) is 1. The van der Waals surface area contributed by atoms with Crippen LogP contribution in [0, 0.1) is 6.92 Å². The average Bonchev–Trinajstić information content (AvgIpc) is 2.28. The van der Waals surface area contributed by atoms with E-state index in [4.69, 9.17) is 11.6 Å². The molecule has 0 aliphatic carbocycles. The van der Waals surface area contributed by atoms with Crippen LogP contribution >= 0.6 is 22.9 Å². The molecule has 0 radical (unpaired) electrons. The molecule has 1 atom stereocenters. The second-order valence-corrected chi connectivity index (χ2v) is 4.45. The maximum atomic E-state index is 6.00. The summed E-state index contributed by atoms with van der Waals surface area (Å²) < 4.78 is 0.907. The Morgan fingerprint density at radius 1 is 1.64 bits per heavy atom. The third-order valence-electron chi connectivity index (χ3n) is 1.74. The van der Waals surface area contributed by atoms with E-state index in [0.29, 0.717) is 6.04 Å². The Kier molecular flexibility index (Phi) is 2.93. The lowest BCUT2D eigenvalue weighted by molar-refractivity contribution is 0.654. The molecule has 0 saturated carbocycles. The van der Waals surface area contributed by atoms with Gasteiger partial charge in [0.2, 0.25) is 0 Å². The van der Waals surface area contributed by atoms with Gasteiger partial charge in [0.15, 0.2) is 0 Å². The largest absolute Gasteiger partial charge is 0.313 e. The molecule has 1 N–H and O–H groups in total. The fourth-order valence-corrected chi connectivity index (χ4v) is 2.36. The summed E-state index contributed by atoms with van der Waals surface area (Å²) in [6, 6.07) is 2.49. The van der Waals surface area contributed by atoms with Crippen molar-refractivity contribution in [1.82, 2.24) is 5.32 Å². The highest BCUT2D eigenvalue weighted by atomic mass is 35.5. The summed E-state index contributed by atoms with van der Waals surface area (Å²) in [6.45, 7) is 4.18. The number of thiophene rings is 1. The van der Waals surface area contributed by atoms with E-state index in [-0.39, 0.29) is 0 Å². The Labute approximate surface area is 76.4 Å². The van der Waals surface area contributed by atoms with E-state index in [1.54, 1.807) is 11.3 Å². The highest BCUT2D eigenvalue weighted by Crippen LogP contribution is 2.31. The first-order chi connectivity index (χ1) is 5.15. The molecule has 0 aliphatic rings. The summed E-state index contributed by atoms with van der Waals surface area (Å²) in [5.74, 6) is 0. The van der Waals surface area contributed by atoms with Gasteiger partial charge in [-0.05, 0) is 32.5 Å². The number of hydrogen-bond acceptors (Lipinski definition) is 2. The maximum absolute atomic E-state index is 6.00. The fourth-order valence-electron chi connectivity index (χ4n) is 0.956. The van der Waals surface area contributed by atoms with Gasteiger partial charge in [-0.1, -0.05) is 11.6 Å². The molecule has 1 heterocycles. The van der Waals surface area contributed by atoms with Crippen molar-refractivity contribution >= 4 is 22.9 Å². The van der Waals surface area contributed by atoms with E-state index in [1.807, 2.05) is 7.05 Å². The maximum Gasteiger partial charge on any atom is 0.0978 e. The summed E-state index contributed by atoms with van der Waals surface area (Å²) in [7, 11) is 1.94. The van der Waals surface area contributed by atoms with Gasteiger partial charge in [-0.25, -0.2) is 0 Å². The molecule has 0 spiro atoms. The van der Waals surface area contributed by atoms with E-state index >= 15 is 0 Å². The van der Waals surface area contributed by atoms with Crippen LogP contribution in [0.15, 0.2) is 6.07 Å². The Morgan fingerprint density at radius 3 is 2.64 bits per heavy atom. The molecule has 0 bridgehead atoms. The van der Waals surface area contributed by atoms with Crippen LogP contribution in [0.25, 0.3) is 0 Å². The van der Waals surface area contributed by atoms with Gasteiger partial charge >= 0.3 is 0 Å². The van der Waals surface area contributed by atoms with Crippen molar-refractivity contribution in [2.45, 2.75) is 19.9 Å². The second kappa shape index (κ2) is 3.57. The van der Waals surface area contributed by atoms with Crippen molar-refractivity contribution in [1.29, 1.82) is 0 Å². The molecule has 1 aromatic rings. The summed E-state index contributed by atoms with van der Waals surface area (Å²) in [6.07, 6.45) is 0. The smallest absolute Gasteiger partial charge is 0.0978 e. The Hall–Kier alpha value is -0.0500. The molecule has 1 rings (SSSR count). The molecule has 3 heteroatoms. The van der Waals surface area contributed by atoms with Crippen molar-refractivity contribution in [3.63, 3.8) is 0 Å². The monoisotopic (exact) mass is 189 g/mol. The quantitative estimate of drug-likeness (QED) is 0.755. The Bertz CT molecular complexity index is 244.